The minimum Gasteiger partial charge on any atom is -0.376 e. The van der Waals surface area contributed by atoms with Crippen LogP contribution in [0, 0.1) is 0 Å². The number of hydrogen-bond acceptors (Lipinski definition) is 4. The molecule has 2 aliphatic heterocycles. The Balaban J connectivity index is 1.54. The second-order valence-corrected chi connectivity index (χ2v) is 6.61. The van der Waals surface area contributed by atoms with E-state index in [-0.39, 0.29) is 24.3 Å². The first-order chi connectivity index (χ1) is 12.7. The van der Waals surface area contributed by atoms with Gasteiger partial charge in [0.15, 0.2) is 0 Å². The minimum atomic E-state index is -0.398. The molecule has 1 N–H and O–H groups in total. The fourth-order valence-electron chi connectivity index (χ4n) is 3.61. The van der Waals surface area contributed by atoms with Gasteiger partial charge in [0.05, 0.1) is 29.8 Å². The predicted octanol–water partition coefficient (Wildman–Crippen LogP) is 2.47. The number of pyridine rings is 1. The number of anilines is 1. The number of fused-ring (bicyclic) bond motifs is 1. The summed E-state index contributed by atoms with van der Waals surface area (Å²) in [5.41, 5.74) is 1.99. The van der Waals surface area contributed by atoms with E-state index in [0.29, 0.717) is 17.8 Å². The van der Waals surface area contributed by atoms with Crippen molar-refractivity contribution < 1.29 is 14.3 Å². The quantitative estimate of drug-likeness (QED) is 0.898. The van der Waals surface area contributed by atoms with E-state index in [9.17, 15) is 9.59 Å². The van der Waals surface area contributed by atoms with Crippen molar-refractivity contribution in [3.8, 4) is 0 Å². The number of para-hydroxylation sites is 1. The second kappa shape index (κ2) is 7.25. The van der Waals surface area contributed by atoms with Gasteiger partial charge in [-0.3, -0.25) is 19.5 Å². The standard InChI is InChI=1S/C20H21N3O3/c24-18(22-13-15-8-5-11-26-15)12-17-19-16(9-4-10-21-19)20(25)23(17)14-6-2-1-3-7-14/h1-4,6-7,9-10,15,17H,5,8,11-13H2,(H,22,24)/t15-,17+/m0/s1. The van der Waals surface area contributed by atoms with Crippen molar-refractivity contribution >= 4 is 17.5 Å². The van der Waals surface area contributed by atoms with Crippen molar-refractivity contribution in [3.63, 3.8) is 0 Å². The van der Waals surface area contributed by atoms with E-state index in [1.54, 1.807) is 23.2 Å². The molecule has 2 aliphatic rings. The third-order valence-electron chi connectivity index (χ3n) is 4.88. The highest BCUT2D eigenvalue weighted by Crippen LogP contribution is 2.38. The van der Waals surface area contributed by atoms with Crippen LogP contribution >= 0.6 is 0 Å². The van der Waals surface area contributed by atoms with Gasteiger partial charge in [-0.1, -0.05) is 18.2 Å². The zero-order valence-corrected chi connectivity index (χ0v) is 14.4. The van der Waals surface area contributed by atoms with E-state index in [4.69, 9.17) is 4.74 Å². The van der Waals surface area contributed by atoms with E-state index in [1.165, 1.54) is 0 Å². The summed E-state index contributed by atoms with van der Waals surface area (Å²) in [6.45, 7) is 1.27. The molecule has 0 radical (unpaired) electrons. The number of aromatic nitrogens is 1. The van der Waals surface area contributed by atoms with Gasteiger partial charge in [-0.2, -0.15) is 0 Å². The molecule has 26 heavy (non-hydrogen) atoms. The molecular formula is C20H21N3O3. The first-order valence-electron chi connectivity index (χ1n) is 8.96. The molecule has 1 aromatic carbocycles. The van der Waals surface area contributed by atoms with Crippen LogP contribution in [0.15, 0.2) is 48.7 Å². The van der Waals surface area contributed by atoms with Crippen LogP contribution in [0.1, 0.15) is 41.4 Å². The maximum atomic E-state index is 12.9. The lowest BCUT2D eigenvalue weighted by molar-refractivity contribution is -0.121. The predicted molar refractivity (Wildman–Crippen MR) is 96.8 cm³/mol. The number of benzene rings is 1. The van der Waals surface area contributed by atoms with Crippen molar-refractivity contribution in [2.75, 3.05) is 18.1 Å². The van der Waals surface area contributed by atoms with E-state index in [2.05, 4.69) is 10.3 Å². The van der Waals surface area contributed by atoms with Crippen LogP contribution in [0.3, 0.4) is 0 Å². The number of ether oxygens (including phenoxy) is 1. The van der Waals surface area contributed by atoms with Gasteiger partial charge in [-0.05, 0) is 37.1 Å². The molecule has 0 aliphatic carbocycles. The minimum absolute atomic E-state index is 0.0970. The molecule has 1 fully saturated rings. The third-order valence-corrected chi connectivity index (χ3v) is 4.88. The number of amides is 2. The lowest BCUT2D eigenvalue weighted by Gasteiger charge is -2.24. The van der Waals surface area contributed by atoms with E-state index >= 15 is 0 Å². The van der Waals surface area contributed by atoms with Crippen LogP contribution < -0.4 is 10.2 Å². The lowest BCUT2D eigenvalue weighted by Crippen LogP contribution is -2.36. The molecule has 1 aromatic heterocycles. The van der Waals surface area contributed by atoms with Crippen LogP contribution in [0.5, 0.6) is 0 Å². The maximum Gasteiger partial charge on any atom is 0.260 e. The van der Waals surface area contributed by atoms with Crippen molar-refractivity contribution in [2.45, 2.75) is 31.4 Å². The van der Waals surface area contributed by atoms with Crippen LogP contribution in [0.25, 0.3) is 0 Å². The van der Waals surface area contributed by atoms with Crippen molar-refractivity contribution in [3.05, 3.63) is 59.9 Å². The Morgan fingerprint density at radius 3 is 2.85 bits per heavy atom. The topological polar surface area (TPSA) is 71.5 Å². The Kier molecular flexibility index (Phi) is 4.67. The summed E-state index contributed by atoms with van der Waals surface area (Å²) in [5, 5.41) is 2.94. The van der Waals surface area contributed by atoms with Gasteiger partial charge in [0.2, 0.25) is 5.91 Å². The maximum absolute atomic E-state index is 12.9. The number of carbonyl (C=O) groups excluding carboxylic acids is 2. The molecule has 134 valence electrons. The molecule has 1 saturated heterocycles. The van der Waals surface area contributed by atoms with E-state index in [0.717, 1.165) is 25.1 Å². The number of hydrogen-bond donors (Lipinski definition) is 1. The molecule has 6 heteroatoms. The molecule has 4 rings (SSSR count). The molecule has 2 amide bonds. The Bertz CT molecular complexity index is 803. The molecule has 0 saturated carbocycles. The molecule has 0 bridgehead atoms. The lowest BCUT2D eigenvalue weighted by atomic mass is 10.1. The highest BCUT2D eigenvalue weighted by Gasteiger charge is 2.39. The number of nitrogens with one attached hydrogen (secondary N) is 1. The van der Waals surface area contributed by atoms with Gasteiger partial charge in [0, 0.05) is 25.0 Å². The van der Waals surface area contributed by atoms with Gasteiger partial charge >= 0.3 is 0 Å². The Labute approximate surface area is 152 Å². The molecular weight excluding hydrogens is 330 g/mol. The summed E-state index contributed by atoms with van der Waals surface area (Å²) in [5.74, 6) is -0.214. The van der Waals surface area contributed by atoms with Crippen LogP contribution in [-0.2, 0) is 9.53 Å². The van der Waals surface area contributed by atoms with Crippen LogP contribution in [0.2, 0.25) is 0 Å². The largest absolute Gasteiger partial charge is 0.376 e. The molecule has 2 aromatic rings. The smallest absolute Gasteiger partial charge is 0.260 e. The summed E-state index contributed by atoms with van der Waals surface area (Å²) >= 11 is 0. The normalized spacial score (nSPS) is 21.7. The van der Waals surface area contributed by atoms with Crippen LogP contribution in [-0.4, -0.2) is 36.1 Å². The Hall–Kier alpha value is -2.73. The zero-order chi connectivity index (χ0) is 17.9. The van der Waals surface area contributed by atoms with Gasteiger partial charge in [0.25, 0.3) is 5.91 Å². The molecule has 2 atom stereocenters. The highest BCUT2D eigenvalue weighted by atomic mass is 16.5. The summed E-state index contributed by atoms with van der Waals surface area (Å²) in [6.07, 6.45) is 3.95. The number of rotatable bonds is 5. The van der Waals surface area contributed by atoms with Crippen molar-refractivity contribution in [1.29, 1.82) is 0 Å². The number of carbonyl (C=O) groups is 2. The van der Waals surface area contributed by atoms with Gasteiger partial charge in [0.1, 0.15) is 0 Å². The molecule has 0 unspecified atom stereocenters. The Morgan fingerprint density at radius 1 is 1.23 bits per heavy atom. The Morgan fingerprint density at radius 2 is 2.08 bits per heavy atom. The van der Waals surface area contributed by atoms with Gasteiger partial charge < -0.3 is 10.1 Å². The first-order valence-corrected chi connectivity index (χ1v) is 8.96. The molecule has 0 spiro atoms. The third kappa shape index (κ3) is 3.20. The van der Waals surface area contributed by atoms with Gasteiger partial charge in [-0.25, -0.2) is 0 Å². The summed E-state index contributed by atoms with van der Waals surface area (Å²) < 4.78 is 5.55. The molecule has 3 heterocycles. The van der Waals surface area contributed by atoms with Crippen LogP contribution in [0.4, 0.5) is 5.69 Å². The summed E-state index contributed by atoms with van der Waals surface area (Å²) in [7, 11) is 0. The summed E-state index contributed by atoms with van der Waals surface area (Å²) in [6, 6.07) is 12.5. The second-order valence-electron chi connectivity index (χ2n) is 6.61. The highest BCUT2D eigenvalue weighted by molar-refractivity contribution is 6.11. The fourth-order valence-corrected chi connectivity index (χ4v) is 3.61. The zero-order valence-electron chi connectivity index (χ0n) is 14.4. The van der Waals surface area contributed by atoms with Crippen molar-refractivity contribution in [1.82, 2.24) is 10.3 Å². The van der Waals surface area contributed by atoms with Gasteiger partial charge in [-0.15, -0.1) is 0 Å². The monoisotopic (exact) mass is 351 g/mol. The van der Waals surface area contributed by atoms with E-state index in [1.807, 2.05) is 30.3 Å². The molecule has 6 nitrogen and oxygen atoms in total. The fraction of sp³-hybridized carbons (Fsp3) is 0.350. The summed E-state index contributed by atoms with van der Waals surface area (Å²) in [4.78, 5) is 31.5. The van der Waals surface area contributed by atoms with Crippen molar-refractivity contribution in [2.24, 2.45) is 0 Å². The average molecular weight is 351 g/mol. The first kappa shape index (κ1) is 16.7. The SMILES string of the molecule is O=C(C[C@@H]1c2ncccc2C(=O)N1c1ccccc1)NC[C@@H]1CCCO1. The number of nitrogens with zero attached hydrogens (tertiary/aromatic N) is 2. The van der Waals surface area contributed by atoms with E-state index < -0.39 is 6.04 Å². The average Bonchev–Trinajstić information content (AvgIpc) is 3.28.